The van der Waals surface area contributed by atoms with Crippen LogP contribution in [0, 0.1) is 13.8 Å². The molecule has 0 amide bonds. The lowest BCUT2D eigenvalue weighted by molar-refractivity contribution is 1.47. The zero-order valence-corrected chi connectivity index (χ0v) is 10.9. The van der Waals surface area contributed by atoms with E-state index in [-0.39, 0.29) is 0 Å². The van der Waals surface area contributed by atoms with Gasteiger partial charge in [0.05, 0.1) is 0 Å². The molecule has 0 aliphatic rings. The zero-order valence-electron chi connectivity index (χ0n) is 9.37. The predicted molar refractivity (Wildman–Crippen MR) is 72.4 cm³/mol. The van der Waals surface area contributed by atoms with Crippen LogP contribution in [0.25, 0.3) is 0 Å². The minimum Gasteiger partial charge on any atom is -0.0843 e. The maximum absolute atomic E-state index is 5.72. The van der Waals surface area contributed by atoms with Gasteiger partial charge in [0.2, 0.25) is 0 Å². The Bertz CT molecular complexity index is 436. The van der Waals surface area contributed by atoms with Crippen molar-refractivity contribution < 1.29 is 0 Å². The van der Waals surface area contributed by atoms with Gasteiger partial charge in [0.25, 0.3) is 0 Å². The average Bonchev–Trinajstić information content (AvgIpc) is 2.26. The van der Waals surface area contributed by atoms with Crippen molar-refractivity contribution in [1.82, 2.24) is 0 Å². The van der Waals surface area contributed by atoms with Crippen molar-refractivity contribution in [2.75, 3.05) is 0 Å². The van der Waals surface area contributed by atoms with E-state index in [0.29, 0.717) is 0 Å². The third-order valence-electron chi connectivity index (χ3n) is 2.06. The Morgan fingerprint density at radius 3 is 1.81 bits per heavy atom. The Labute approximate surface area is 107 Å². The molecule has 0 aromatic heterocycles. The normalized spacial score (nSPS) is 9.25. The van der Waals surface area contributed by atoms with Crippen molar-refractivity contribution in [3.63, 3.8) is 0 Å². The van der Waals surface area contributed by atoms with E-state index < -0.39 is 0 Å². The Morgan fingerprint density at radius 2 is 1.44 bits per heavy atom. The van der Waals surface area contributed by atoms with Gasteiger partial charge < -0.3 is 0 Å². The second kappa shape index (κ2) is 6.57. The van der Waals surface area contributed by atoms with E-state index in [1.807, 2.05) is 31.2 Å². The Hall–Kier alpha value is -0.980. The number of benzene rings is 2. The fraction of sp³-hybridized carbons (Fsp3) is 0.143. The Kier molecular flexibility index (Phi) is 5.37. The molecule has 0 unspecified atom stereocenters. The van der Waals surface area contributed by atoms with Crippen LogP contribution in [0.2, 0.25) is 10.0 Å². The molecular weight excluding hydrogens is 239 g/mol. The van der Waals surface area contributed by atoms with E-state index in [1.54, 1.807) is 12.1 Å². The maximum atomic E-state index is 5.72. The first-order valence-electron chi connectivity index (χ1n) is 5.03. The minimum atomic E-state index is 0.733. The summed E-state index contributed by atoms with van der Waals surface area (Å²) >= 11 is 11.4. The molecule has 0 spiro atoms. The molecule has 0 aliphatic heterocycles. The largest absolute Gasteiger partial charge is 0.0843 e. The average molecular weight is 253 g/mol. The molecule has 0 bridgehead atoms. The standard InChI is InChI=1S/C7H6Cl2.C7H8/c1-5-4-6(8)2-3-7(5)9;1-7-5-3-2-4-6-7/h2-4H,1H3;2-6H,1H3. The van der Waals surface area contributed by atoms with Gasteiger partial charge in [-0.25, -0.2) is 0 Å². The van der Waals surface area contributed by atoms with Gasteiger partial charge in [-0.05, 0) is 37.6 Å². The number of rotatable bonds is 0. The van der Waals surface area contributed by atoms with Gasteiger partial charge in [-0.15, -0.1) is 0 Å². The van der Waals surface area contributed by atoms with Crippen LogP contribution in [0.1, 0.15) is 11.1 Å². The summed E-state index contributed by atoms with van der Waals surface area (Å²) in [7, 11) is 0. The van der Waals surface area contributed by atoms with Crippen LogP contribution in [-0.2, 0) is 0 Å². The van der Waals surface area contributed by atoms with E-state index in [2.05, 4.69) is 19.1 Å². The molecule has 2 aromatic carbocycles. The lowest BCUT2D eigenvalue weighted by Crippen LogP contribution is -1.72. The number of hydrogen-bond donors (Lipinski definition) is 0. The molecule has 0 saturated carbocycles. The van der Waals surface area contributed by atoms with Crippen LogP contribution in [0.15, 0.2) is 48.5 Å². The molecule has 2 heteroatoms. The molecular formula is C14H14Cl2. The van der Waals surface area contributed by atoms with Crippen LogP contribution < -0.4 is 0 Å². The third-order valence-corrected chi connectivity index (χ3v) is 2.72. The summed E-state index contributed by atoms with van der Waals surface area (Å²) in [4.78, 5) is 0. The number of hydrogen-bond acceptors (Lipinski definition) is 0. The molecule has 0 nitrogen and oxygen atoms in total. The summed E-state index contributed by atoms with van der Waals surface area (Å²) in [5.74, 6) is 0. The molecule has 0 fully saturated rings. The molecule has 0 radical (unpaired) electrons. The molecule has 0 heterocycles. The molecule has 84 valence electrons. The van der Waals surface area contributed by atoms with Crippen LogP contribution in [-0.4, -0.2) is 0 Å². The van der Waals surface area contributed by atoms with Crippen molar-refractivity contribution >= 4 is 23.2 Å². The van der Waals surface area contributed by atoms with Gasteiger partial charge in [0, 0.05) is 10.0 Å². The van der Waals surface area contributed by atoms with Crippen molar-refractivity contribution in [2.24, 2.45) is 0 Å². The summed E-state index contributed by atoms with van der Waals surface area (Å²) in [6.45, 7) is 4.01. The second-order valence-electron chi connectivity index (χ2n) is 3.55. The van der Waals surface area contributed by atoms with Crippen molar-refractivity contribution in [2.45, 2.75) is 13.8 Å². The maximum Gasteiger partial charge on any atom is 0.0436 e. The zero-order chi connectivity index (χ0) is 12.0. The van der Waals surface area contributed by atoms with E-state index in [0.717, 1.165) is 15.6 Å². The van der Waals surface area contributed by atoms with Crippen LogP contribution >= 0.6 is 23.2 Å². The highest BCUT2D eigenvalue weighted by molar-refractivity contribution is 6.33. The number of halogens is 2. The SMILES string of the molecule is Cc1cc(Cl)ccc1Cl.Cc1ccccc1. The van der Waals surface area contributed by atoms with Gasteiger partial charge >= 0.3 is 0 Å². The van der Waals surface area contributed by atoms with Gasteiger partial charge in [0.15, 0.2) is 0 Å². The topological polar surface area (TPSA) is 0 Å². The van der Waals surface area contributed by atoms with E-state index in [1.165, 1.54) is 5.56 Å². The monoisotopic (exact) mass is 252 g/mol. The highest BCUT2D eigenvalue weighted by Gasteiger charge is 1.92. The molecule has 0 atom stereocenters. The summed E-state index contributed by atoms with van der Waals surface area (Å²) in [6.07, 6.45) is 0. The first kappa shape index (κ1) is 13.1. The van der Waals surface area contributed by atoms with E-state index in [9.17, 15) is 0 Å². The van der Waals surface area contributed by atoms with Gasteiger partial charge in [-0.2, -0.15) is 0 Å². The van der Waals surface area contributed by atoms with Gasteiger partial charge in [0.1, 0.15) is 0 Å². The lowest BCUT2D eigenvalue weighted by Gasteiger charge is -1.94. The summed E-state index contributed by atoms with van der Waals surface area (Å²) in [6, 6.07) is 15.7. The molecule has 0 saturated heterocycles. The fourth-order valence-electron chi connectivity index (χ4n) is 1.14. The van der Waals surface area contributed by atoms with Crippen molar-refractivity contribution in [3.05, 3.63) is 69.7 Å². The molecule has 0 aliphatic carbocycles. The van der Waals surface area contributed by atoms with Crippen LogP contribution in [0.3, 0.4) is 0 Å². The van der Waals surface area contributed by atoms with E-state index in [4.69, 9.17) is 23.2 Å². The molecule has 2 rings (SSSR count). The van der Waals surface area contributed by atoms with Gasteiger partial charge in [-0.1, -0.05) is 59.1 Å². The van der Waals surface area contributed by atoms with Crippen LogP contribution in [0.4, 0.5) is 0 Å². The quantitative estimate of drug-likeness (QED) is 0.597. The first-order valence-corrected chi connectivity index (χ1v) is 5.78. The van der Waals surface area contributed by atoms with E-state index >= 15 is 0 Å². The highest BCUT2D eigenvalue weighted by Crippen LogP contribution is 2.18. The molecule has 0 N–H and O–H groups in total. The van der Waals surface area contributed by atoms with Crippen molar-refractivity contribution in [1.29, 1.82) is 0 Å². The van der Waals surface area contributed by atoms with Crippen LogP contribution in [0.5, 0.6) is 0 Å². The summed E-state index contributed by atoms with van der Waals surface area (Å²) in [5, 5.41) is 1.50. The third kappa shape index (κ3) is 4.69. The smallest absolute Gasteiger partial charge is 0.0436 e. The second-order valence-corrected chi connectivity index (χ2v) is 4.39. The van der Waals surface area contributed by atoms with Gasteiger partial charge in [-0.3, -0.25) is 0 Å². The highest BCUT2D eigenvalue weighted by atomic mass is 35.5. The number of aryl methyl sites for hydroxylation is 2. The fourth-order valence-corrected chi connectivity index (χ4v) is 1.49. The first-order chi connectivity index (χ1) is 7.59. The summed E-state index contributed by atoms with van der Waals surface area (Å²) < 4.78 is 0. The van der Waals surface area contributed by atoms with Crippen molar-refractivity contribution in [3.8, 4) is 0 Å². The Morgan fingerprint density at radius 1 is 0.812 bits per heavy atom. The minimum absolute atomic E-state index is 0.733. The predicted octanol–water partition coefficient (Wildman–Crippen LogP) is 5.30. The lowest BCUT2D eigenvalue weighted by atomic mass is 10.2. The Balaban J connectivity index is 0.000000165. The summed E-state index contributed by atoms with van der Waals surface area (Å²) in [5.41, 5.74) is 2.34. The molecule has 16 heavy (non-hydrogen) atoms. The molecule has 2 aromatic rings.